The van der Waals surface area contributed by atoms with Gasteiger partial charge in [0.15, 0.2) is 0 Å². The second-order valence-corrected chi connectivity index (χ2v) is 9.03. The molecular formula is C26H29N3O4. The molecule has 2 aliphatic heterocycles. The highest BCUT2D eigenvalue weighted by Gasteiger charge is 2.35. The number of carbonyl (C=O) groups is 3. The summed E-state index contributed by atoms with van der Waals surface area (Å²) in [6.07, 6.45) is 3.57. The van der Waals surface area contributed by atoms with E-state index in [2.05, 4.69) is 17.4 Å². The van der Waals surface area contributed by atoms with Gasteiger partial charge in [-0.15, -0.1) is 0 Å². The molecule has 1 N–H and O–H groups in total. The third kappa shape index (κ3) is 4.64. The Labute approximate surface area is 193 Å². The van der Waals surface area contributed by atoms with E-state index in [-0.39, 0.29) is 30.1 Å². The average molecular weight is 448 g/mol. The fourth-order valence-corrected chi connectivity index (χ4v) is 4.91. The second kappa shape index (κ2) is 9.35. The van der Waals surface area contributed by atoms with Gasteiger partial charge in [0.25, 0.3) is 5.91 Å². The largest absolute Gasteiger partial charge is 0.378 e. The van der Waals surface area contributed by atoms with Gasteiger partial charge in [-0.3, -0.25) is 14.4 Å². The van der Waals surface area contributed by atoms with Crippen molar-refractivity contribution in [1.82, 2.24) is 10.2 Å². The summed E-state index contributed by atoms with van der Waals surface area (Å²) in [4.78, 5) is 41.4. The van der Waals surface area contributed by atoms with Crippen LogP contribution in [0.25, 0.3) is 0 Å². The van der Waals surface area contributed by atoms with Crippen molar-refractivity contribution in [2.24, 2.45) is 5.92 Å². The normalized spacial score (nSPS) is 20.1. The van der Waals surface area contributed by atoms with Crippen LogP contribution in [0.5, 0.6) is 0 Å². The van der Waals surface area contributed by atoms with Gasteiger partial charge in [0.05, 0.1) is 19.1 Å². The summed E-state index contributed by atoms with van der Waals surface area (Å²) >= 11 is 0. The molecule has 2 aromatic carbocycles. The van der Waals surface area contributed by atoms with Crippen molar-refractivity contribution in [3.8, 4) is 0 Å². The second-order valence-electron chi connectivity index (χ2n) is 9.03. The number of anilines is 1. The van der Waals surface area contributed by atoms with Crippen molar-refractivity contribution in [1.29, 1.82) is 0 Å². The molecule has 1 atom stereocenters. The zero-order valence-corrected chi connectivity index (χ0v) is 18.7. The van der Waals surface area contributed by atoms with Gasteiger partial charge in [-0.1, -0.05) is 18.2 Å². The van der Waals surface area contributed by atoms with Crippen LogP contribution in [0.4, 0.5) is 5.69 Å². The van der Waals surface area contributed by atoms with E-state index in [4.69, 9.17) is 4.74 Å². The van der Waals surface area contributed by atoms with Gasteiger partial charge in [-0.2, -0.15) is 0 Å². The third-order valence-corrected chi connectivity index (χ3v) is 6.86. The monoisotopic (exact) mass is 447 g/mol. The zero-order chi connectivity index (χ0) is 22.8. The molecule has 0 radical (unpaired) electrons. The Morgan fingerprint density at radius 3 is 2.55 bits per heavy atom. The Hall–Kier alpha value is -3.19. The molecule has 33 heavy (non-hydrogen) atoms. The Morgan fingerprint density at radius 1 is 1.00 bits per heavy atom. The molecule has 2 fully saturated rings. The smallest absolute Gasteiger partial charge is 0.254 e. The molecule has 3 aliphatic rings. The van der Waals surface area contributed by atoms with E-state index in [0.29, 0.717) is 45.0 Å². The molecule has 2 aromatic rings. The molecule has 5 rings (SSSR count). The van der Waals surface area contributed by atoms with E-state index < -0.39 is 0 Å². The van der Waals surface area contributed by atoms with Gasteiger partial charge in [0.1, 0.15) is 0 Å². The Kier molecular flexibility index (Phi) is 6.13. The van der Waals surface area contributed by atoms with Crippen LogP contribution in [0.3, 0.4) is 0 Å². The topological polar surface area (TPSA) is 79.0 Å². The first-order chi connectivity index (χ1) is 16.1. The molecule has 0 saturated carbocycles. The van der Waals surface area contributed by atoms with Crippen LogP contribution in [0.2, 0.25) is 0 Å². The third-order valence-electron chi connectivity index (χ3n) is 6.86. The summed E-state index contributed by atoms with van der Waals surface area (Å²) in [5, 5.41) is 2.96. The molecule has 7 heteroatoms. The molecule has 172 valence electrons. The minimum Gasteiger partial charge on any atom is -0.378 e. The predicted molar refractivity (Wildman–Crippen MR) is 124 cm³/mol. The molecule has 0 spiro atoms. The van der Waals surface area contributed by atoms with Crippen LogP contribution in [0.15, 0.2) is 42.5 Å². The highest BCUT2D eigenvalue weighted by atomic mass is 16.5. The van der Waals surface area contributed by atoms with E-state index in [1.54, 1.807) is 21.9 Å². The first-order valence-corrected chi connectivity index (χ1v) is 11.7. The Bertz CT molecular complexity index is 1060. The van der Waals surface area contributed by atoms with Gasteiger partial charge in [-0.05, 0) is 60.2 Å². The number of aryl methyl sites for hydroxylation is 2. The van der Waals surface area contributed by atoms with Crippen LogP contribution in [-0.4, -0.2) is 55.5 Å². The number of amides is 3. The molecule has 7 nitrogen and oxygen atoms in total. The van der Waals surface area contributed by atoms with Crippen LogP contribution < -0.4 is 10.2 Å². The van der Waals surface area contributed by atoms with Gasteiger partial charge in [-0.25, -0.2) is 0 Å². The molecule has 0 bridgehead atoms. The quantitative estimate of drug-likeness (QED) is 0.763. The first kappa shape index (κ1) is 21.6. The summed E-state index contributed by atoms with van der Waals surface area (Å²) in [7, 11) is 0. The van der Waals surface area contributed by atoms with Crippen LogP contribution >= 0.6 is 0 Å². The predicted octanol–water partition coefficient (Wildman–Crippen LogP) is 2.32. The van der Waals surface area contributed by atoms with Crippen molar-refractivity contribution in [3.05, 3.63) is 64.7 Å². The fourth-order valence-electron chi connectivity index (χ4n) is 4.91. The minimum atomic E-state index is -0.354. The molecule has 1 aliphatic carbocycles. The molecule has 1 unspecified atom stereocenters. The lowest BCUT2D eigenvalue weighted by Crippen LogP contribution is -2.40. The van der Waals surface area contributed by atoms with Crippen molar-refractivity contribution in [2.45, 2.75) is 32.2 Å². The number of rotatable bonds is 5. The van der Waals surface area contributed by atoms with Gasteiger partial charge in [0, 0.05) is 43.9 Å². The zero-order valence-electron chi connectivity index (χ0n) is 18.7. The van der Waals surface area contributed by atoms with E-state index in [9.17, 15) is 14.4 Å². The number of fused-ring (bicyclic) bond motifs is 1. The number of hydrogen-bond acceptors (Lipinski definition) is 4. The van der Waals surface area contributed by atoms with Crippen LogP contribution in [0, 0.1) is 5.92 Å². The van der Waals surface area contributed by atoms with Crippen LogP contribution in [-0.2, 0) is 33.7 Å². The van der Waals surface area contributed by atoms with Gasteiger partial charge >= 0.3 is 0 Å². The summed E-state index contributed by atoms with van der Waals surface area (Å²) in [6, 6.07) is 13.6. The first-order valence-electron chi connectivity index (χ1n) is 11.7. The average Bonchev–Trinajstić information content (AvgIpc) is 3.49. The SMILES string of the molecule is O=C(NCc1ccc(C(=O)N2CCOCC2)cc1)C1CC(=O)N(c2ccc3c(c2)CCC3)C1. The number of nitrogens with one attached hydrogen (secondary N) is 1. The molecule has 2 saturated heterocycles. The van der Waals surface area contributed by atoms with Gasteiger partial charge < -0.3 is 19.9 Å². The lowest BCUT2D eigenvalue weighted by molar-refractivity contribution is -0.126. The number of hydrogen-bond donors (Lipinski definition) is 1. The van der Waals surface area contributed by atoms with E-state index in [1.165, 1.54) is 17.5 Å². The maximum absolute atomic E-state index is 12.7. The fraction of sp³-hybridized carbons (Fsp3) is 0.423. The maximum Gasteiger partial charge on any atom is 0.254 e. The summed E-state index contributed by atoms with van der Waals surface area (Å²) in [6.45, 7) is 3.15. The molecule has 3 amide bonds. The van der Waals surface area contributed by atoms with Crippen molar-refractivity contribution < 1.29 is 19.1 Å². The lowest BCUT2D eigenvalue weighted by Gasteiger charge is -2.26. The number of carbonyl (C=O) groups excluding carboxylic acids is 3. The highest BCUT2D eigenvalue weighted by Crippen LogP contribution is 2.30. The standard InChI is InChI=1S/C26H29N3O4/c30-24-15-22(17-29(24)23-9-8-19-2-1-3-21(19)14-23)25(31)27-16-18-4-6-20(7-5-18)26(32)28-10-12-33-13-11-28/h4-9,14,22H,1-3,10-13,15-17H2,(H,27,31). The van der Waals surface area contributed by atoms with E-state index >= 15 is 0 Å². The number of benzene rings is 2. The lowest BCUT2D eigenvalue weighted by atomic mass is 10.1. The molecule has 0 aromatic heterocycles. The number of morpholine rings is 1. The summed E-state index contributed by atoms with van der Waals surface area (Å²) in [5.41, 5.74) is 5.15. The van der Waals surface area contributed by atoms with Crippen molar-refractivity contribution in [3.63, 3.8) is 0 Å². The Morgan fingerprint density at radius 2 is 1.76 bits per heavy atom. The number of nitrogens with zero attached hydrogens (tertiary/aromatic N) is 2. The van der Waals surface area contributed by atoms with Crippen molar-refractivity contribution in [2.75, 3.05) is 37.7 Å². The maximum atomic E-state index is 12.7. The molecular weight excluding hydrogens is 418 g/mol. The van der Waals surface area contributed by atoms with Crippen molar-refractivity contribution >= 4 is 23.4 Å². The summed E-state index contributed by atoms with van der Waals surface area (Å²) < 4.78 is 5.30. The number of ether oxygens (including phenoxy) is 1. The summed E-state index contributed by atoms with van der Waals surface area (Å²) in [5.74, 6) is -0.461. The molecule has 2 heterocycles. The van der Waals surface area contributed by atoms with E-state index in [0.717, 1.165) is 24.1 Å². The highest BCUT2D eigenvalue weighted by molar-refractivity contribution is 6.00. The van der Waals surface area contributed by atoms with E-state index in [1.807, 2.05) is 18.2 Å². The minimum absolute atomic E-state index is 0.000857. The van der Waals surface area contributed by atoms with Gasteiger partial charge in [0.2, 0.25) is 11.8 Å². The Balaban J connectivity index is 1.15. The van der Waals surface area contributed by atoms with Crippen LogP contribution in [0.1, 0.15) is 39.9 Å².